The number of hydrogen-bond acceptors (Lipinski definition) is 6. The van der Waals surface area contributed by atoms with Crippen LogP contribution in [0.2, 0.25) is 0 Å². The van der Waals surface area contributed by atoms with Gasteiger partial charge < -0.3 is 10.6 Å². The van der Waals surface area contributed by atoms with E-state index in [4.69, 9.17) is 0 Å². The Kier molecular flexibility index (Phi) is 6.86. The molecule has 0 aliphatic carbocycles. The van der Waals surface area contributed by atoms with E-state index in [9.17, 15) is 13.2 Å². The van der Waals surface area contributed by atoms with Gasteiger partial charge in [0.15, 0.2) is 0 Å². The summed E-state index contributed by atoms with van der Waals surface area (Å²) in [7, 11) is -0.523. The molecule has 0 unspecified atom stereocenters. The van der Waals surface area contributed by atoms with Gasteiger partial charge in [-0.05, 0) is 50.6 Å². The summed E-state index contributed by atoms with van der Waals surface area (Å²) < 4.78 is 25.2. The van der Waals surface area contributed by atoms with Crippen LogP contribution < -0.4 is 10.6 Å². The lowest BCUT2D eigenvalue weighted by Crippen LogP contribution is -2.22. The van der Waals surface area contributed by atoms with Crippen molar-refractivity contribution in [3.8, 4) is 0 Å². The zero-order valence-electron chi connectivity index (χ0n) is 16.0. The van der Waals surface area contributed by atoms with Crippen molar-refractivity contribution in [3.63, 3.8) is 0 Å². The van der Waals surface area contributed by atoms with E-state index >= 15 is 0 Å². The molecule has 1 heterocycles. The van der Waals surface area contributed by atoms with E-state index in [2.05, 4.69) is 20.6 Å². The first kappa shape index (κ1) is 20.8. The molecule has 2 N–H and O–H groups in total. The highest BCUT2D eigenvalue weighted by Gasteiger charge is 2.16. The number of carbonyl (C=O) groups excluding carboxylic acids is 1. The van der Waals surface area contributed by atoms with Crippen LogP contribution in [-0.2, 0) is 14.8 Å². The van der Waals surface area contributed by atoms with Gasteiger partial charge in [-0.25, -0.2) is 22.7 Å². The minimum absolute atomic E-state index is 0.138. The lowest BCUT2D eigenvalue weighted by atomic mass is 10.2. The molecule has 0 spiro atoms. The Labute approximate surface area is 160 Å². The third-order valence-electron chi connectivity index (χ3n) is 3.76. The van der Waals surface area contributed by atoms with E-state index < -0.39 is 10.0 Å². The molecular formula is C18H25N5O3S. The predicted molar refractivity (Wildman–Crippen MR) is 105 cm³/mol. The smallest absolute Gasteiger partial charge is 0.242 e. The van der Waals surface area contributed by atoms with E-state index in [1.165, 1.54) is 26.2 Å². The number of aromatic nitrogens is 2. The van der Waals surface area contributed by atoms with Gasteiger partial charge in [-0.2, -0.15) is 0 Å². The summed E-state index contributed by atoms with van der Waals surface area (Å²) in [5.41, 5.74) is 2.34. The summed E-state index contributed by atoms with van der Waals surface area (Å²) in [5.74, 6) is 0.423. The van der Waals surface area contributed by atoms with Crippen molar-refractivity contribution in [3.05, 3.63) is 41.7 Å². The maximum absolute atomic E-state index is 12.0. The fourth-order valence-corrected chi connectivity index (χ4v) is 3.30. The molecule has 0 aliphatic rings. The van der Waals surface area contributed by atoms with Crippen molar-refractivity contribution in [1.82, 2.24) is 14.3 Å². The molecular weight excluding hydrogens is 366 g/mol. The third-order valence-corrected chi connectivity index (χ3v) is 5.59. The van der Waals surface area contributed by atoms with Crippen LogP contribution in [0.3, 0.4) is 0 Å². The maximum Gasteiger partial charge on any atom is 0.242 e. The number of aryl methyl sites for hydroxylation is 2. The average Bonchev–Trinajstić information content (AvgIpc) is 2.58. The van der Waals surface area contributed by atoms with Crippen LogP contribution in [-0.4, -0.2) is 49.2 Å². The van der Waals surface area contributed by atoms with Crippen molar-refractivity contribution in [2.24, 2.45) is 0 Å². The van der Waals surface area contributed by atoms with Gasteiger partial charge in [0.05, 0.1) is 4.90 Å². The fourth-order valence-electron chi connectivity index (χ4n) is 2.40. The van der Waals surface area contributed by atoms with Crippen molar-refractivity contribution in [2.45, 2.75) is 31.6 Å². The van der Waals surface area contributed by atoms with Gasteiger partial charge in [-0.3, -0.25) is 4.79 Å². The number of sulfonamides is 1. The molecule has 2 rings (SSSR count). The summed E-state index contributed by atoms with van der Waals surface area (Å²) in [6, 6.07) is 8.01. The highest BCUT2D eigenvalue weighted by Crippen LogP contribution is 2.16. The summed E-state index contributed by atoms with van der Waals surface area (Å²) >= 11 is 0. The minimum Gasteiger partial charge on any atom is -0.354 e. The Balaban J connectivity index is 1.80. The second-order valence-corrected chi connectivity index (χ2v) is 8.52. The number of nitrogens with one attached hydrogen (secondary N) is 2. The first-order chi connectivity index (χ1) is 12.7. The molecule has 0 aliphatic heterocycles. The molecule has 0 bridgehead atoms. The molecule has 0 radical (unpaired) electrons. The maximum atomic E-state index is 12.0. The normalized spacial score (nSPS) is 11.4. The standard InChI is InChI=1S/C18H25N5O3S/c1-13-12-14(2)21-18(20-13)19-11-5-6-17(24)22-15-7-9-16(10-8-15)27(25,26)23(3)4/h7-10,12H,5-6,11H2,1-4H3,(H,22,24)(H,19,20,21). The van der Waals surface area contributed by atoms with E-state index in [-0.39, 0.29) is 10.8 Å². The van der Waals surface area contributed by atoms with Gasteiger partial charge in [-0.15, -0.1) is 0 Å². The van der Waals surface area contributed by atoms with Crippen LogP contribution in [0.25, 0.3) is 0 Å². The van der Waals surface area contributed by atoms with E-state index in [1.54, 1.807) is 12.1 Å². The van der Waals surface area contributed by atoms with Crippen LogP contribution in [0.4, 0.5) is 11.6 Å². The first-order valence-electron chi connectivity index (χ1n) is 8.57. The summed E-state index contributed by atoms with van der Waals surface area (Å²) in [6.45, 7) is 4.39. The highest BCUT2D eigenvalue weighted by atomic mass is 32.2. The quantitative estimate of drug-likeness (QED) is 0.669. The van der Waals surface area contributed by atoms with E-state index in [0.29, 0.717) is 31.0 Å². The van der Waals surface area contributed by atoms with Crippen LogP contribution in [0.15, 0.2) is 35.2 Å². The first-order valence-corrected chi connectivity index (χ1v) is 10.0. The Morgan fingerprint density at radius 1 is 1.07 bits per heavy atom. The molecule has 2 aromatic rings. The Morgan fingerprint density at radius 2 is 1.67 bits per heavy atom. The summed E-state index contributed by atoms with van der Waals surface area (Å²) in [4.78, 5) is 20.8. The molecule has 1 aromatic heterocycles. The van der Waals surface area contributed by atoms with E-state index in [1.807, 2.05) is 19.9 Å². The van der Waals surface area contributed by atoms with Crippen molar-refractivity contribution >= 4 is 27.6 Å². The van der Waals surface area contributed by atoms with Gasteiger partial charge in [0, 0.05) is 44.1 Å². The molecule has 0 saturated carbocycles. The fraction of sp³-hybridized carbons (Fsp3) is 0.389. The van der Waals surface area contributed by atoms with Gasteiger partial charge in [0.2, 0.25) is 21.9 Å². The number of benzene rings is 1. The van der Waals surface area contributed by atoms with Crippen LogP contribution in [0, 0.1) is 13.8 Å². The van der Waals surface area contributed by atoms with E-state index in [0.717, 1.165) is 15.7 Å². The molecule has 1 aromatic carbocycles. The Morgan fingerprint density at radius 3 is 2.22 bits per heavy atom. The molecule has 0 atom stereocenters. The molecule has 0 fully saturated rings. The van der Waals surface area contributed by atoms with Crippen molar-refractivity contribution in [2.75, 3.05) is 31.3 Å². The SMILES string of the molecule is Cc1cc(C)nc(NCCCC(=O)Nc2ccc(S(=O)(=O)N(C)C)cc2)n1. The molecule has 27 heavy (non-hydrogen) atoms. The van der Waals surface area contributed by atoms with Crippen LogP contribution in [0.1, 0.15) is 24.2 Å². The number of carbonyl (C=O) groups is 1. The second-order valence-electron chi connectivity index (χ2n) is 6.36. The lowest BCUT2D eigenvalue weighted by Gasteiger charge is -2.12. The highest BCUT2D eigenvalue weighted by molar-refractivity contribution is 7.89. The third kappa shape index (κ3) is 6.00. The topological polar surface area (TPSA) is 104 Å². The average molecular weight is 391 g/mol. The van der Waals surface area contributed by atoms with Crippen molar-refractivity contribution < 1.29 is 13.2 Å². The van der Waals surface area contributed by atoms with Gasteiger partial charge in [0.25, 0.3) is 0 Å². The molecule has 8 nitrogen and oxygen atoms in total. The summed E-state index contributed by atoms with van der Waals surface area (Å²) in [5, 5.41) is 5.87. The Bertz CT molecular complexity index is 875. The second kappa shape index (κ2) is 8.92. The summed E-state index contributed by atoms with van der Waals surface area (Å²) in [6.07, 6.45) is 0.949. The number of hydrogen-bond donors (Lipinski definition) is 2. The molecule has 146 valence electrons. The van der Waals surface area contributed by atoms with Crippen molar-refractivity contribution in [1.29, 1.82) is 0 Å². The van der Waals surface area contributed by atoms with Gasteiger partial charge in [-0.1, -0.05) is 0 Å². The lowest BCUT2D eigenvalue weighted by molar-refractivity contribution is -0.116. The predicted octanol–water partition coefficient (Wildman–Crippen LogP) is 2.17. The van der Waals surface area contributed by atoms with Crippen LogP contribution >= 0.6 is 0 Å². The molecule has 0 saturated heterocycles. The molecule has 9 heteroatoms. The zero-order chi connectivity index (χ0) is 20.0. The largest absolute Gasteiger partial charge is 0.354 e. The zero-order valence-corrected chi connectivity index (χ0v) is 16.8. The minimum atomic E-state index is -3.47. The monoisotopic (exact) mass is 391 g/mol. The van der Waals surface area contributed by atoms with Gasteiger partial charge >= 0.3 is 0 Å². The number of nitrogens with zero attached hydrogens (tertiary/aromatic N) is 3. The number of anilines is 2. The molecule has 1 amide bonds. The number of rotatable bonds is 8. The van der Waals surface area contributed by atoms with Crippen LogP contribution in [0.5, 0.6) is 0 Å². The number of amides is 1. The Hall–Kier alpha value is -2.52. The van der Waals surface area contributed by atoms with Gasteiger partial charge in [0.1, 0.15) is 0 Å².